The Labute approximate surface area is 160 Å². The number of nitrogens with zero attached hydrogens (tertiary/aromatic N) is 2. The second-order valence-corrected chi connectivity index (χ2v) is 6.29. The maximum Gasteiger partial charge on any atom is 0.289 e. The van der Waals surface area contributed by atoms with Crippen molar-refractivity contribution in [1.29, 1.82) is 0 Å². The molecular weight excluding hydrogens is 364 g/mol. The van der Waals surface area contributed by atoms with Crippen molar-refractivity contribution < 1.29 is 9.21 Å². The Morgan fingerprint density at radius 1 is 1.04 bits per heavy atom. The highest BCUT2D eigenvalue weighted by molar-refractivity contribution is 6.30. The zero-order valence-electron chi connectivity index (χ0n) is 14.1. The number of furan rings is 1. The molecule has 0 fully saturated rings. The maximum absolute atomic E-state index is 12.7. The van der Waals surface area contributed by atoms with Gasteiger partial charge in [-0.15, -0.1) is 0 Å². The van der Waals surface area contributed by atoms with E-state index in [9.17, 15) is 4.79 Å². The van der Waals surface area contributed by atoms with Crippen molar-refractivity contribution in [2.75, 3.05) is 5.32 Å². The van der Waals surface area contributed by atoms with Crippen LogP contribution in [0.1, 0.15) is 16.1 Å². The highest BCUT2D eigenvalue weighted by atomic mass is 35.5. The van der Waals surface area contributed by atoms with Gasteiger partial charge in [0.15, 0.2) is 5.58 Å². The number of nitrogens with one attached hydrogen (secondary N) is 2. The van der Waals surface area contributed by atoms with Crippen molar-refractivity contribution in [2.45, 2.75) is 6.54 Å². The minimum absolute atomic E-state index is 0.192. The lowest BCUT2D eigenvalue weighted by Gasteiger charge is -2.08. The minimum atomic E-state index is -0.327. The summed E-state index contributed by atoms with van der Waals surface area (Å²) in [6.07, 6.45) is 6.63. The Morgan fingerprint density at radius 3 is 2.63 bits per heavy atom. The van der Waals surface area contributed by atoms with Gasteiger partial charge in [0.1, 0.15) is 0 Å². The molecule has 0 unspecified atom stereocenters. The van der Waals surface area contributed by atoms with Gasteiger partial charge >= 0.3 is 0 Å². The number of carbonyl (C=O) groups is 1. The molecule has 7 heteroatoms. The van der Waals surface area contributed by atoms with Crippen molar-refractivity contribution in [3.63, 3.8) is 0 Å². The number of hydrogen-bond acceptors (Lipinski definition) is 5. The predicted octanol–water partition coefficient (Wildman–Crippen LogP) is 4.55. The van der Waals surface area contributed by atoms with Gasteiger partial charge in [0.05, 0.1) is 11.9 Å². The zero-order valence-corrected chi connectivity index (χ0v) is 14.9. The molecule has 3 heterocycles. The van der Waals surface area contributed by atoms with E-state index in [-0.39, 0.29) is 11.7 Å². The molecule has 0 aliphatic rings. The van der Waals surface area contributed by atoms with Crippen LogP contribution in [0.4, 0.5) is 11.4 Å². The van der Waals surface area contributed by atoms with Gasteiger partial charge in [0.25, 0.3) is 5.91 Å². The fraction of sp³-hybridized carbons (Fsp3) is 0.0500. The number of halogens is 1. The molecule has 0 spiro atoms. The molecule has 0 aliphatic heterocycles. The fourth-order valence-electron chi connectivity index (χ4n) is 2.68. The third-order valence-electron chi connectivity index (χ3n) is 3.99. The second-order valence-electron chi connectivity index (χ2n) is 5.85. The largest absolute Gasteiger partial charge is 0.447 e. The van der Waals surface area contributed by atoms with Crippen molar-refractivity contribution in [2.24, 2.45) is 0 Å². The highest BCUT2D eigenvalue weighted by Crippen LogP contribution is 2.33. The first kappa shape index (κ1) is 17.1. The Morgan fingerprint density at radius 2 is 1.85 bits per heavy atom. The number of amides is 1. The topological polar surface area (TPSA) is 80.1 Å². The van der Waals surface area contributed by atoms with E-state index in [1.807, 2.05) is 24.3 Å². The van der Waals surface area contributed by atoms with E-state index in [1.54, 1.807) is 43.0 Å². The van der Waals surface area contributed by atoms with Gasteiger partial charge in [-0.05, 0) is 42.0 Å². The van der Waals surface area contributed by atoms with E-state index in [2.05, 4.69) is 20.6 Å². The van der Waals surface area contributed by atoms with Crippen LogP contribution in [0.3, 0.4) is 0 Å². The van der Waals surface area contributed by atoms with Gasteiger partial charge in [0.2, 0.25) is 5.76 Å². The Kier molecular flexibility index (Phi) is 4.72. The molecule has 4 rings (SSSR count). The quantitative estimate of drug-likeness (QED) is 0.532. The summed E-state index contributed by atoms with van der Waals surface area (Å²) in [7, 11) is 0. The first-order valence-electron chi connectivity index (χ1n) is 8.27. The number of aromatic nitrogens is 2. The molecule has 3 aromatic heterocycles. The minimum Gasteiger partial charge on any atom is -0.447 e. The lowest BCUT2D eigenvalue weighted by Crippen LogP contribution is -2.23. The molecule has 134 valence electrons. The summed E-state index contributed by atoms with van der Waals surface area (Å²) in [5.41, 5.74) is 2.80. The lowest BCUT2D eigenvalue weighted by atomic mass is 10.2. The predicted molar refractivity (Wildman–Crippen MR) is 104 cm³/mol. The first-order valence-corrected chi connectivity index (χ1v) is 8.65. The van der Waals surface area contributed by atoms with Crippen LogP contribution >= 0.6 is 11.6 Å². The van der Waals surface area contributed by atoms with Crippen LogP contribution in [0.15, 0.2) is 71.7 Å². The number of anilines is 2. The third-order valence-corrected chi connectivity index (χ3v) is 4.24. The lowest BCUT2D eigenvalue weighted by molar-refractivity contribution is 0.0926. The molecule has 27 heavy (non-hydrogen) atoms. The van der Waals surface area contributed by atoms with Crippen molar-refractivity contribution in [3.8, 4) is 0 Å². The second kappa shape index (κ2) is 7.47. The highest BCUT2D eigenvalue weighted by Gasteiger charge is 2.21. The molecular formula is C20H15ClN4O2. The normalized spacial score (nSPS) is 10.7. The maximum atomic E-state index is 12.7. The van der Waals surface area contributed by atoms with Crippen LogP contribution in [-0.4, -0.2) is 15.9 Å². The van der Waals surface area contributed by atoms with E-state index in [1.165, 1.54) is 0 Å². The number of pyridine rings is 2. The van der Waals surface area contributed by atoms with Crippen LogP contribution in [0.5, 0.6) is 0 Å². The molecule has 0 saturated heterocycles. The average molecular weight is 379 g/mol. The van der Waals surface area contributed by atoms with Gasteiger partial charge in [-0.25, -0.2) is 0 Å². The number of carbonyl (C=O) groups excluding carboxylic acids is 1. The summed E-state index contributed by atoms with van der Waals surface area (Å²) in [4.78, 5) is 20.9. The molecule has 1 amide bonds. The summed E-state index contributed by atoms with van der Waals surface area (Å²) in [6, 6.07) is 12.7. The van der Waals surface area contributed by atoms with Crippen molar-refractivity contribution >= 4 is 39.9 Å². The summed E-state index contributed by atoms with van der Waals surface area (Å²) in [5, 5.41) is 7.51. The number of rotatable bonds is 5. The monoisotopic (exact) mass is 378 g/mol. The molecule has 0 bridgehead atoms. The Hall–Kier alpha value is -3.38. The van der Waals surface area contributed by atoms with Gasteiger partial charge < -0.3 is 15.1 Å². The average Bonchev–Trinajstić information content (AvgIpc) is 3.07. The van der Waals surface area contributed by atoms with Crippen molar-refractivity contribution in [1.82, 2.24) is 15.3 Å². The molecule has 0 radical (unpaired) electrons. The standard InChI is InChI=1S/C20H15ClN4O2/c21-14-3-5-15(6-4-14)25-18-16-7-9-23-12-17(16)27-19(18)20(26)24-11-13-2-1-8-22-10-13/h1-10,12,25H,11H2,(H,24,26). The molecule has 4 aromatic rings. The van der Waals surface area contributed by atoms with Gasteiger partial charge in [0, 0.05) is 41.2 Å². The van der Waals surface area contributed by atoms with Crippen LogP contribution < -0.4 is 10.6 Å². The van der Waals surface area contributed by atoms with E-state index < -0.39 is 0 Å². The van der Waals surface area contributed by atoms with E-state index in [0.717, 1.165) is 16.6 Å². The summed E-state index contributed by atoms with van der Waals surface area (Å²) in [6.45, 7) is 0.350. The molecule has 0 saturated carbocycles. The van der Waals surface area contributed by atoms with E-state index in [0.29, 0.717) is 22.8 Å². The summed E-state index contributed by atoms with van der Waals surface area (Å²) in [5.74, 6) is -0.136. The third kappa shape index (κ3) is 3.75. The number of fused-ring (bicyclic) bond motifs is 1. The van der Waals surface area contributed by atoms with Crippen LogP contribution in [0, 0.1) is 0 Å². The first-order chi connectivity index (χ1) is 13.2. The van der Waals surface area contributed by atoms with Crippen molar-refractivity contribution in [3.05, 3.63) is 83.6 Å². The van der Waals surface area contributed by atoms with E-state index in [4.69, 9.17) is 16.0 Å². The van der Waals surface area contributed by atoms with Gasteiger partial charge in [-0.3, -0.25) is 14.8 Å². The molecule has 6 nitrogen and oxygen atoms in total. The molecule has 1 aromatic carbocycles. The Balaban J connectivity index is 1.64. The van der Waals surface area contributed by atoms with E-state index >= 15 is 0 Å². The van der Waals surface area contributed by atoms with Crippen LogP contribution in [-0.2, 0) is 6.54 Å². The Bertz CT molecular complexity index is 1080. The molecule has 0 atom stereocenters. The SMILES string of the molecule is O=C(NCc1cccnc1)c1oc2cnccc2c1Nc1ccc(Cl)cc1. The molecule has 0 aliphatic carbocycles. The van der Waals surface area contributed by atoms with Crippen LogP contribution in [0.2, 0.25) is 5.02 Å². The molecule has 2 N–H and O–H groups in total. The fourth-order valence-corrected chi connectivity index (χ4v) is 2.80. The van der Waals surface area contributed by atoms with Gasteiger partial charge in [-0.2, -0.15) is 0 Å². The smallest absolute Gasteiger partial charge is 0.289 e. The number of hydrogen-bond donors (Lipinski definition) is 2. The van der Waals surface area contributed by atoms with Crippen LogP contribution in [0.25, 0.3) is 11.0 Å². The zero-order chi connectivity index (χ0) is 18.6. The summed E-state index contributed by atoms with van der Waals surface area (Å²) >= 11 is 5.95. The van der Waals surface area contributed by atoms with Gasteiger partial charge in [-0.1, -0.05) is 17.7 Å². The number of benzene rings is 1. The summed E-state index contributed by atoms with van der Waals surface area (Å²) < 4.78 is 5.77.